The van der Waals surface area contributed by atoms with Crippen LogP contribution in [0.4, 0.5) is 0 Å². The Hall–Kier alpha value is -1.63. The maximum atomic E-state index is 12.0. The number of nitrogens with two attached hydrogens (primary N) is 1. The number of carbonyl (C=O) groups excluding carboxylic acids is 3. The van der Waals surface area contributed by atoms with E-state index in [9.17, 15) is 14.4 Å². The number of carbonyl (C=O) groups is 3. The molecule has 0 saturated heterocycles. The lowest BCUT2D eigenvalue weighted by molar-refractivity contribution is -0.130. The van der Waals surface area contributed by atoms with Gasteiger partial charge in [0.2, 0.25) is 17.7 Å². The van der Waals surface area contributed by atoms with Gasteiger partial charge in [-0.2, -0.15) is 0 Å². The summed E-state index contributed by atoms with van der Waals surface area (Å²) in [5.74, 6) is -0.799. The minimum absolute atomic E-state index is 0.0165. The molecule has 0 aliphatic carbocycles. The Morgan fingerprint density at radius 3 is 2.05 bits per heavy atom. The van der Waals surface area contributed by atoms with Crippen LogP contribution in [-0.2, 0) is 14.4 Å². The zero-order valence-electron chi connectivity index (χ0n) is 12.7. The molecule has 0 aromatic carbocycles. The molecule has 7 nitrogen and oxygen atoms in total. The molecule has 1 unspecified atom stereocenters. The smallest absolute Gasteiger partial charge is 0.243 e. The molecule has 0 bridgehead atoms. The highest BCUT2D eigenvalue weighted by Gasteiger charge is 2.21. The summed E-state index contributed by atoms with van der Waals surface area (Å²) in [6.45, 7) is 7.28. The molecular formula is C13H26N4O3. The van der Waals surface area contributed by atoms with Gasteiger partial charge in [-0.05, 0) is 26.2 Å². The fourth-order valence-electron chi connectivity index (χ4n) is 1.62. The summed E-state index contributed by atoms with van der Waals surface area (Å²) in [5, 5.41) is 7.74. The number of hydrogen-bond acceptors (Lipinski definition) is 4. The van der Waals surface area contributed by atoms with Crippen LogP contribution in [0.2, 0.25) is 0 Å². The molecule has 0 fully saturated rings. The van der Waals surface area contributed by atoms with Gasteiger partial charge in [0.1, 0.15) is 6.04 Å². The quantitative estimate of drug-likeness (QED) is 0.464. The molecule has 0 aliphatic heterocycles. The van der Waals surface area contributed by atoms with E-state index in [0.717, 1.165) is 0 Å². The van der Waals surface area contributed by atoms with E-state index in [1.54, 1.807) is 0 Å². The summed E-state index contributed by atoms with van der Waals surface area (Å²) in [4.78, 5) is 34.7. The van der Waals surface area contributed by atoms with Crippen molar-refractivity contribution in [1.82, 2.24) is 16.0 Å². The molecular weight excluding hydrogens is 260 g/mol. The molecule has 3 amide bonds. The second kappa shape index (κ2) is 9.30. The molecule has 0 aromatic heterocycles. The van der Waals surface area contributed by atoms with Crippen molar-refractivity contribution < 1.29 is 14.4 Å². The molecule has 0 rings (SSSR count). The predicted octanol–water partition coefficient (Wildman–Crippen LogP) is -0.883. The first-order valence-electron chi connectivity index (χ1n) is 6.82. The van der Waals surface area contributed by atoms with Crippen LogP contribution < -0.4 is 21.7 Å². The maximum Gasteiger partial charge on any atom is 0.243 e. The largest absolute Gasteiger partial charge is 0.352 e. The molecule has 0 heterocycles. The van der Waals surface area contributed by atoms with Crippen molar-refractivity contribution in [3.63, 3.8) is 0 Å². The highest BCUT2D eigenvalue weighted by Crippen LogP contribution is 2.04. The molecule has 20 heavy (non-hydrogen) atoms. The Labute approximate surface area is 120 Å². The summed E-state index contributed by atoms with van der Waals surface area (Å²) in [7, 11) is 0. The Kier molecular flexibility index (Phi) is 8.54. The fourth-order valence-corrected chi connectivity index (χ4v) is 1.62. The average molecular weight is 286 g/mol. The van der Waals surface area contributed by atoms with Gasteiger partial charge in [-0.1, -0.05) is 13.8 Å². The molecule has 0 aliphatic rings. The molecule has 7 heteroatoms. The highest BCUT2D eigenvalue weighted by atomic mass is 16.2. The minimum Gasteiger partial charge on any atom is -0.352 e. The van der Waals surface area contributed by atoms with Gasteiger partial charge < -0.3 is 21.7 Å². The third-order valence-corrected chi connectivity index (χ3v) is 2.42. The van der Waals surface area contributed by atoms with Gasteiger partial charge in [-0.25, -0.2) is 0 Å². The van der Waals surface area contributed by atoms with Crippen LogP contribution in [0.15, 0.2) is 0 Å². The monoisotopic (exact) mass is 286 g/mol. The molecule has 1 atom stereocenters. The first-order valence-corrected chi connectivity index (χ1v) is 6.82. The van der Waals surface area contributed by atoms with Crippen LogP contribution in [0.3, 0.4) is 0 Å². The van der Waals surface area contributed by atoms with Crippen molar-refractivity contribution in [2.75, 3.05) is 13.1 Å². The summed E-state index contributed by atoms with van der Waals surface area (Å²) >= 11 is 0. The van der Waals surface area contributed by atoms with Crippen molar-refractivity contribution in [2.45, 2.75) is 46.2 Å². The van der Waals surface area contributed by atoms with Gasteiger partial charge in [0, 0.05) is 6.04 Å². The summed E-state index contributed by atoms with van der Waals surface area (Å²) in [6, 6.07) is -0.652. The molecule has 0 radical (unpaired) electrons. The van der Waals surface area contributed by atoms with E-state index in [0.29, 0.717) is 6.42 Å². The van der Waals surface area contributed by atoms with Crippen LogP contribution >= 0.6 is 0 Å². The lowest BCUT2D eigenvalue weighted by Crippen LogP contribution is -2.51. The van der Waals surface area contributed by atoms with Gasteiger partial charge in [0.05, 0.1) is 13.1 Å². The van der Waals surface area contributed by atoms with Crippen LogP contribution in [0, 0.1) is 5.92 Å². The van der Waals surface area contributed by atoms with Gasteiger partial charge in [-0.15, -0.1) is 0 Å². The van der Waals surface area contributed by atoms with Crippen molar-refractivity contribution in [3.8, 4) is 0 Å². The summed E-state index contributed by atoms with van der Waals surface area (Å²) in [6.07, 6.45) is 0.489. The first kappa shape index (κ1) is 18.4. The number of nitrogens with one attached hydrogen (secondary N) is 3. The van der Waals surface area contributed by atoms with Crippen molar-refractivity contribution in [2.24, 2.45) is 11.7 Å². The number of hydrogen-bond donors (Lipinski definition) is 4. The van der Waals surface area contributed by atoms with E-state index < -0.39 is 11.9 Å². The Balaban J connectivity index is 4.39. The third-order valence-electron chi connectivity index (χ3n) is 2.42. The first-order chi connectivity index (χ1) is 9.26. The Morgan fingerprint density at radius 1 is 1.00 bits per heavy atom. The summed E-state index contributed by atoms with van der Waals surface area (Å²) < 4.78 is 0. The van der Waals surface area contributed by atoms with E-state index in [4.69, 9.17) is 5.73 Å². The molecule has 5 N–H and O–H groups in total. The summed E-state index contributed by atoms with van der Waals surface area (Å²) in [5.41, 5.74) is 5.22. The predicted molar refractivity (Wildman–Crippen MR) is 76.7 cm³/mol. The maximum absolute atomic E-state index is 12.0. The lowest BCUT2D eigenvalue weighted by atomic mass is 10.0. The van der Waals surface area contributed by atoms with Crippen molar-refractivity contribution in [1.29, 1.82) is 0 Å². The van der Waals surface area contributed by atoms with Crippen LogP contribution in [0.5, 0.6) is 0 Å². The minimum atomic E-state index is -0.669. The third kappa shape index (κ3) is 8.47. The second-order valence-electron chi connectivity index (χ2n) is 5.39. The van der Waals surface area contributed by atoms with Gasteiger partial charge in [0.15, 0.2) is 0 Å². The normalized spacial score (nSPS) is 12.2. The lowest BCUT2D eigenvalue weighted by Gasteiger charge is -2.20. The standard InChI is InChI=1S/C13H26N4O3/c1-8(2)5-10(17-11(18)6-14)13(20)15-7-12(19)16-9(3)4/h8-10H,5-7,14H2,1-4H3,(H,15,20)(H,16,19)(H,17,18). The molecule has 0 spiro atoms. The van der Waals surface area contributed by atoms with Crippen LogP contribution in [0.1, 0.15) is 34.1 Å². The van der Waals surface area contributed by atoms with Crippen LogP contribution in [-0.4, -0.2) is 42.9 Å². The average Bonchev–Trinajstić information content (AvgIpc) is 2.33. The van der Waals surface area contributed by atoms with E-state index in [1.807, 2.05) is 27.7 Å². The fraction of sp³-hybridized carbons (Fsp3) is 0.769. The second-order valence-corrected chi connectivity index (χ2v) is 5.39. The SMILES string of the molecule is CC(C)CC(NC(=O)CN)C(=O)NCC(=O)NC(C)C. The van der Waals surface area contributed by atoms with E-state index in [2.05, 4.69) is 16.0 Å². The van der Waals surface area contributed by atoms with Crippen LogP contribution in [0.25, 0.3) is 0 Å². The van der Waals surface area contributed by atoms with E-state index in [1.165, 1.54) is 0 Å². The van der Waals surface area contributed by atoms with Crippen molar-refractivity contribution >= 4 is 17.7 Å². The number of amides is 3. The van der Waals surface area contributed by atoms with Gasteiger partial charge >= 0.3 is 0 Å². The van der Waals surface area contributed by atoms with E-state index in [-0.39, 0.29) is 36.9 Å². The topological polar surface area (TPSA) is 113 Å². The van der Waals surface area contributed by atoms with E-state index >= 15 is 0 Å². The molecule has 0 aromatic rings. The Bertz CT molecular complexity index is 343. The Morgan fingerprint density at radius 2 is 1.60 bits per heavy atom. The zero-order valence-corrected chi connectivity index (χ0v) is 12.7. The molecule has 0 saturated carbocycles. The zero-order chi connectivity index (χ0) is 15.7. The molecule has 116 valence electrons. The highest BCUT2D eigenvalue weighted by molar-refractivity contribution is 5.90. The number of rotatable bonds is 8. The van der Waals surface area contributed by atoms with Crippen molar-refractivity contribution in [3.05, 3.63) is 0 Å². The van der Waals surface area contributed by atoms with Gasteiger partial charge in [0.25, 0.3) is 0 Å². The van der Waals surface area contributed by atoms with Gasteiger partial charge in [-0.3, -0.25) is 14.4 Å².